The number of hydrogen-bond acceptors (Lipinski definition) is 11. The smallest absolute Gasteiger partial charge is 0.354 e. The summed E-state index contributed by atoms with van der Waals surface area (Å²) < 4.78 is 23.7. The Morgan fingerprint density at radius 1 is 0.844 bits per heavy atom. The fourth-order valence-corrected chi connectivity index (χ4v) is 5.39. The molecule has 0 aliphatic carbocycles. The van der Waals surface area contributed by atoms with Crippen molar-refractivity contribution in [2.45, 2.75) is 24.4 Å². The number of hydrogen-bond donors (Lipinski definition) is 1. The third kappa shape index (κ3) is 11.8. The van der Waals surface area contributed by atoms with Crippen molar-refractivity contribution in [1.82, 2.24) is 19.8 Å². The third-order valence-corrected chi connectivity index (χ3v) is 7.82. The fourth-order valence-electron chi connectivity index (χ4n) is 5.01. The maximum atomic E-state index is 11.8. The Bertz CT molecular complexity index is 1350. The van der Waals surface area contributed by atoms with Crippen LogP contribution in [0.25, 0.3) is 0 Å². The van der Waals surface area contributed by atoms with Gasteiger partial charge in [-0.15, -0.1) is 0 Å². The van der Waals surface area contributed by atoms with Crippen LogP contribution in [0.2, 0.25) is 0 Å². The van der Waals surface area contributed by atoms with E-state index in [1.807, 2.05) is 55.5 Å². The number of nitriles is 1. The van der Waals surface area contributed by atoms with Crippen LogP contribution in [-0.4, -0.2) is 110 Å². The van der Waals surface area contributed by atoms with Gasteiger partial charge in [0.1, 0.15) is 11.1 Å². The van der Waals surface area contributed by atoms with Crippen molar-refractivity contribution in [1.29, 1.82) is 5.26 Å². The van der Waals surface area contributed by atoms with Gasteiger partial charge >= 0.3 is 5.97 Å². The Morgan fingerprint density at radius 3 is 2.02 bits per heavy atom. The number of carbonyl (C=O) groups is 1. The Morgan fingerprint density at radius 2 is 1.44 bits per heavy atom. The second-order valence-corrected chi connectivity index (χ2v) is 11.3. The Labute approximate surface area is 269 Å². The number of benzene rings is 1. The molecule has 0 spiro atoms. The molecule has 11 nitrogen and oxygen atoms in total. The van der Waals surface area contributed by atoms with Crippen molar-refractivity contribution in [2.24, 2.45) is 0 Å². The maximum Gasteiger partial charge on any atom is 0.354 e. The largest absolute Gasteiger partial charge is 0.477 e. The molecule has 1 saturated heterocycles. The summed E-state index contributed by atoms with van der Waals surface area (Å²) in [7, 11) is 0. The molecule has 1 atom stereocenters. The van der Waals surface area contributed by atoms with Gasteiger partial charge in [0.15, 0.2) is 0 Å². The molecule has 0 bridgehead atoms. The molecular weight excluding hydrogens is 594 g/mol. The predicted octanol–water partition coefficient (Wildman–Crippen LogP) is 4.03. The zero-order valence-electron chi connectivity index (χ0n) is 25.7. The molecule has 1 aromatic carbocycles. The first-order valence-electron chi connectivity index (χ1n) is 15.1. The molecular formula is C33H41N5O6S. The molecule has 0 saturated carbocycles. The van der Waals surface area contributed by atoms with Crippen molar-refractivity contribution in [3.05, 3.63) is 89.0 Å². The number of pyridine rings is 2. The summed E-state index contributed by atoms with van der Waals surface area (Å²) >= 11 is 1.09. The van der Waals surface area contributed by atoms with Crippen LogP contribution in [0.1, 0.15) is 39.2 Å². The highest BCUT2D eigenvalue weighted by atomic mass is 32.2. The number of carboxylic acid groups (broad SMARTS) is 1. The molecule has 12 heteroatoms. The number of thioether (sulfide) groups is 1. The van der Waals surface area contributed by atoms with E-state index in [9.17, 15) is 9.90 Å². The highest BCUT2D eigenvalue weighted by Gasteiger charge is 2.25. The lowest BCUT2D eigenvalue weighted by Crippen LogP contribution is -2.36. The molecule has 1 N–H and O–H groups in total. The topological polar surface area (TPSA) is 130 Å². The van der Waals surface area contributed by atoms with E-state index in [4.69, 9.17) is 24.2 Å². The SMILES string of the molecule is Cc1cccc(CN2CCOCCOCCN(C(c3ccc(SC#N)cc3)c3cccc(C(=O)O)n3)CCOCCOCC2)n1. The minimum absolute atomic E-state index is 0.0222. The molecule has 0 radical (unpaired) electrons. The number of thiocyanates is 1. The number of aromatic nitrogens is 2. The molecule has 1 aliphatic rings. The van der Waals surface area contributed by atoms with Gasteiger partial charge in [0.25, 0.3) is 0 Å². The van der Waals surface area contributed by atoms with Gasteiger partial charge in [-0.25, -0.2) is 9.78 Å². The van der Waals surface area contributed by atoms with Crippen molar-refractivity contribution in [2.75, 3.05) is 79.0 Å². The van der Waals surface area contributed by atoms with Crippen LogP contribution in [0.4, 0.5) is 0 Å². The average Bonchev–Trinajstić information content (AvgIpc) is 3.03. The Balaban J connectivity index is 1.43. The van der Waals surface area contributed by atoms with Gasteiger partial charge in [-0.1, -0.05) is 24.3 Å². The zero-order chi connectivity index (χ0) is 31.7. The van der Waals surface area contributed by atoms with E-state index in [1.54, 1.807) is 6.07 Å². The number of nitrogens with zero attached hydrogens (tertiary/aromatic N) is 5. The molecule has 1 aliphatic heterocycles. The summed E-state index contributed by atoms with van der Waals surface area (Å²) in [6, 6.07) is 18.4. The van der Waals surface area contributed by atoms with E-state index < -0.39 is 5.97 Å². The lowest BCUT2D eigenvalue weighted by atomic mass is 10.0. The number of carboxylic acids is 1. The van der Waals surface area contributed by atoms with Crippen LogP contribution in [0.5, 0.6) is 0 Å². The van der Waals surface area contributed by atoms with E-state index in [0.717, 1.165) is 53.2 Å². The zero-order valence-corrected chi connectivity index (χ0v) is 26.5. The second kappa shape index (κ2) is 19.2. The van der Waals surface area contributed by atoms with Crippen molar-refractivity contribution in [3.8, 4) is 5.40 Å². The van der Waals surface area contributed by atoms with Crippen molar-refractivity contribution < 1.29 is 28.8 Å². The van der Waals surface area contributed by atoms with Crippen molar-refractivity contribution >= 4 is 17.7 Å². The average molecular weight is 636 g/mol. The molecule has 240 valence electrons. The first kappa shape index (κ1) is 34.5. The van der Waals surface area contributed by atoms with Gasteiger partial charge in [0.2, 0.25) is 0 Å². The number of rotatable bonds is 7. The molecule has 1 unspecified atom stereocenters. The first-order valence-corrected chi connectivity index (χ1v) is 15.9. The monoisotopic (exact) mass is 635 g/mol. The number of aromatic carboxylic acids is 1. The van der Waals surface area contributed by atoms with Crippen LogP contribution in [-0.2, 0) is 25.5 Å². The summed E-state index contributed by atoms with van der Waals surface area (Å²) in [6.45, 7) is 9.18. The van der Waals surface area contributed by atoms with Crippen LogP contribution < -0.4 is 0 Å². The second-order valence-electron chi connectivity index (χ2n) is 10.4. The number of aryl methyl sites for hydroxylation is 1. The van der Waals surface area contributed by atoms with Crippen LogP contribution in [0.15, 0.2) is 65.6 Å². The van der Waals surface area contributed by atoms with Gasteiger partial charge < -0.3 is 24.1 Å². The fraction of sp³-hybridized carbons (Fsp3) is 0.455. The Hall–Kier alpha value is -3.41. The van der Waals surface area contributed by atoms with E-state index >= 15 is 0 Å². The van der Waals surface area contributed by atoms with Gasteiger partial charge in [-0.3, -0.25) is 14.8 Å². The predicted molar refractivity (Wildman–Crippen MR) is 170 cm³/mol. The molecule has 0 amide bonds. The minimum atomic E-state index is -1.09. The lowest BCUT2D eigenvalue weighted by molar-refractivity contribution is 0.00331. The summed E-state index contributed by atoms with van der Waals surface area (Å²) in [5.41, 5.74) is 3.53. The van der Waals surface area contributed by atoms with Crippen molar-refractivity contribution in [3.63, 3.8) is 0 Å². The van der Waals surface area contributed by atoms with Gasteiger partial charge in [0, 0.05) is 43.3 Å². The summed E-state index contributed by atoms with van der Waals surface area (Å²) in [5, 5.41) is 20.8. The minimum Gasteiger partial charge on any atom is -0.477 e. The molecule has 2 aromatic heterocycles. The lowest BCUT2D eigenvalue weighted by Gasteiger charge is -2.32. The highest BCUT2D eigenvalue weighted by molar-refractivity contribution is 8.03. The summed E-state index contributed by atoms with van der Waals surface area (Å²) in [6.07, 6.45) is 0. The summed E-state index contributed by atoms with van der Waals surface area (Å²) in [4.78, 5) is 26.2. The van der Waals surface area contributed by atoms with Gasteiger partial charge in [-0.2, -0.15) is 5.26 Å². The molecule has 3 aromatic rings. The van der Waals surface area contributed by atoms with Gasteiger partial charge in [0.05, 0.1) is 70.3 Å². The number of ether oxygens (including phenoxy) is 4. The summed E-state index contributed by atoms with van der Waals surface area (Å²) in [5.74, 6) is -1.09. The molecule has 1 fully saturated rings. The molecule has 4 rings (SSSR count). The van der Waals surface area contributed by atoms with E-state index in [-0.39, 0.29) is 11.7 Å². The Kier molecular flexibility index (Phi) is 14.7. The molecule has 3 heterocycles. The van der Waals surface area contributed by atoms with E-state index in [1.165, 1.54) is 6.07 Å². The third-order valence-electron chi connectivity index (χ3n) is 7.22. The van der Waals surface area contributed by atoms with Gasteiger partial charge in [-0.05, 0) is 60.6 Å². The van der Waals surface area contributed by atoms with Crippen LogP contribution in [0, 0.1) is 17.6 Å². The normalized spacial score (nSPS) is 17.9. The highest BCUT2D eigenvalue weighted by Crippen LogP contribution is 2.29. The quantitative estimate of drug-likeness (QED) is 0.297. The maximum absolute atomic E-state index is 11.8. The van der Waals surface area contributed by atoms with E-state index in [2.05, 4.69) is 25.2 Å². The van der Waals surface area contributed by atoms with Crippen LogP contribution in [0.3, 0.4) is 0 Å². The van der Waals surface area contributed by atoms with E-state index in [0.29, 0.717) is 71.6 Å². The first-order chi connectivity index (χ1) is 22.0. The molecule has 45 heavy (non-hydrogen) atoms. The van der Waals surface area contributed by atoms with Crippen LogP contribution >= 0.6 is 11.8 Å². The standard InChI is InChI=1S/C33H41N5O6S/c1-26-4-2-5-28(35-26)24-37-12-16-41-20-22-43-18-14-38(15-19-44-23-21-42-17-13-37)32(27-8-10-29(11-9-27)45-25-34)30-6-3-7-31(36-30)33(39)40/h2-11,32H,12-24H2,1H3,(H,39,40).